The van der Waals surface area contributed by atoms with Crippen molar-refractivity contribution in [2.45, 2.75) is 24.3 Å². The standard InChI is InChI=1S/C13H11BrF3NS/c1-8-18-12(7-19-8)11(14)6-9-2-4-10(5-3-9)13(15,16)17/h2-5,7,11H,6H2,1H3. The maximum atomic E-state index is 12.4. The number of benzene rings is 1. The van der Waals surface area contributed by atoms with Crippen molar-refractivity contribution in [1.82, 2.24) is 4.98 Å². The number of rotatable bonds is 3. The number of aromatic nitrogens is 1. The maximum Gasteiger partial charge on any atom is 0.416 e. The minimum Gasteiger partial charge on any atom is -0.245 e. The zero-order valence-electron chi connectivity index (χ0n) is 10.0. The molecule has 6 heteroatoms. The molecule has 19 heavy (non-hydrogen) atoms. The molecule has 102 valence electrons. The quantitative estimate of drug-likeness (QED) is 0.698. The van der Waals surface area contributed by atoms with Crippen LogP contribution in [0.1, 0.15) is 26.7 Å². The van der Waals surface area contributed by atoms with E-state index in [4.69, 9.17) is 0 Å². The average Bonchev–Trinajstić information content (AvgIpc) is 2.75. The van der Waals surface area contributed by atoms with Gasteiger partial charge in [0.2, 0.25) is 0 Å². The number of hydrogen-bond acceptors (Lipinski definition) is 2. The van der Waals surface area contributed by atoms with Crippen LogP contribution in [0, 0.1) is 6.92 Å². The highest BCUT2D eigenvalue weighted by Gasteiger charge is 2.30. The largest absolute Gasteiger partial charge is 0.416 e. The molecule has 0 radical (unpaired) electrons. The molecule has 0 aliphatic heterocycles. The zero-order valence-corrected chi connectivity index (χ0v) is 12.4. The third-order valence-electron chi connectivity index (χ3n) is 2.65. The topological polar surface area (TPSA) is 12.9 Å². The van der Waals surface area contributed by atoms with Crippen LogP contribution in [0.25, 0.3) is 0 Å². The lowest BCUT2D eigenvalue weighted by molar-refractivity contribution is -0.137. The van der Waals surface area contributed by atoms with Crippen molar-refractivity contribution in [2.24, 2.45) is 0 Å². The fraction of sp³-hybridized carbons (Fsp3) is 0.308. The fourth-order valence-electron chi connectivity index (χ4n) is 1.67. The van der Waals surface area contributed by atoms with Gasteiger partial charge in [-0.2, -0.15) is 13.2 Å². The molecule has 0 bridgehead atoms. The number of halogens is 4. The third kappa shape index (κ3) is 3.79. The second kappa shape index (κ2) is 5.63. The van der Waals surface area contributed by atoms with E-state index in [1.165, 1.54) is 12.1 Å². The normalized spacial score (nSPS) is 13.5. The Bertz CT molecular complexity index is 548. The Balaban J connectivity index is 2.07. The number of nitrogens with zero attached hydrogens (tertiary/aromatic N) is 1. The Kier molecular flexibility index (Phi) is 4.30. The smallest absolute Gasteiger partial charge is 0.245 e. The predicted octanol–water partition coefficient (Wildman–Crippen LogP) is 5.15. The molecular formula is C13H11BrF3NS. The van der Waals surface area contributed by atoms with Gasteiger partial charge in [-0.1, -0.05) is 28.1 Å². The van der Waals surface area contributed by atoms with Gasteiger partial charge in [-0.05, 0) is 31.0 Å². The van der Waals surface area contributed by atoms with Crippen molar-refractivity contribution < 1.29 is 13.2 Å². The first kappa shape index (κ1) is 14.5. The van der Waals surface area contributed by atoms with E-state index in [0.717, 1.165) is 28.4 Å². The molecule has 0 spiro atoms. The second-order valence-corrected chi connectivity index (χ2v) is 6.33. The van der Waals surface area contributed by atoms with Crippen LogP contribution >= 0.6 is 27.3 Å². The van der Waals surface area contributed by atoms with E-state index in [2.05, 4.69) is 20.9 Å². The minimum atomic E-state index is -4.28. The summed E-state index contributed by atoms with van der Waals surface area (Å²) in [6.45, 7) is 1.92. The van der Waals surface area contributed by atoms with E-state index in [0.29, 0.717) is 6.42 Å². The van der Waals surface area contributed by atoms with Crippen LogP contribution in [0.3, 0.4) is 0 Å². The first-order chi connectivity index (χ1) is 8.86. The van der Waals surface area contributed by atoms with Crippen molar-refractivity contribution in [3.8, 4) is 0 Å². The van der Waals surface area contributed by atoms with Gasteiger partial charge < -0.3 is 0 Å². The lowest BCUT2D eigenvalue weighted by Crippen LogP contribution is -2.05. The van der Waals surface area contributed by atoms with Gasteiger partial charge in [-0.3, -0.25) is 0 Å². The first-order valence-electron chi connectivity index (χ1n) is 5.58. The summed E-state index contributed by atoms with van der Waals surface area (Å²) in [7, 11) is 0. The summed E-state index contributed by atoms with van der Waals surface area (Å²) < 4.78 is 37.3. The summed E-state index contributed by atoms with van der Waals surface area (Å²) in [5, 5.41) is 2.94. The minimum absolute atomic E-state index is 0.0224. The second-order valence-electron chi connectivity index (χ2n) is 4.16. The Hall–Kier alpha value is -0.880. The molecular weight excluding hydrogens is 339 g/mol. The third-order valence-corrected chi connectivity index (χ3v) is 4.24. The Labute approximate surface area is 121 Å². The molecule has 0 saturated heterocycles. The lowest BCUT2D eigenvalue weighted by atomic mass is 10.1. The van der Waals surface area contributed by atoms with Crippen LogP contribution in [0.15, 0.2) is 29.6 Å². The molecule has 2 rings (SSSR count). The van der Waals surface area contributed by atoms with E-state index in [1.54, 1.807) is 11.3 Å². The molecule has 0 saturated carbocycles. The molecule has 1 aromatic heterocycles. The Morgan fingerprint density at radius 2 is 1.89 bits per heavy atom. The van der Waals surface area contributed by atoms with Gasteiger partial charge >= 0.3 is 6.18 Å². The van der Waals surface area contributed by atoms with Crippen LogP contribution < -0.4 is 0 Å². The van der Waals surface area contributed by atoms with Crippen molar-refractivity contribution in [1.29, 1.82) is 0 Å². The van der Waals surface area contributed by atoms with E-state index >= 15 is 0 Å². The summed E-state index contributed by atoms with van der Waals surface area (Å²) in [5.74, 6) is 0. The van der Waals surface area contributed by atoms with Crippen molar-refractivity contribution >= 4 is 27.3 Å². The highest BCUT2D eigenvalue weighted by Crippen LogP contribution is 2.31. The lowest BCUT2D eigenvalue weighted by Gasteiger charge is -2.09. The monoisotopic (exact) mass is 349 g/mol. The van der Waals surface area contributed by atoms with Crippen LogP contribution in [-0.4, -0.2) is 4.98 Å². The highest BCUT2D eigenvalue weighted by molar-refractivity contribution is 9.09. The molecule has 0 aliphatic carbocycles. The summed E-state index contributed by atoms with van der Waals surface area (Å²) in [6.07, 6.45) is -3.67. The van der Waals surface area contributed by atoms with Gasteiger partial charge in [0, 0.05) is 5.38 Å². The van der Waals surface area contributed by atoms with Crippen LogP contribution in [0.5, 0.6) is 0 Å². The van der Waals surface area contributed by atoms with Crippen LogP contribution in [0.2, 0.25) is 0 Å². The van der Waals surface area contributed by atoms with E-state index in [1.807, 2.05) is 12.3 Å². The molecule has 0 aliphatic rings. The van der Waals surface area contributed by atoms with Gasteiger partial charge in [0.25, 0.3) is 0 Å². The summed E-state index contributed by atoms with van der Waals surface area (Å²) in [4.78, 5) is 4.38. The molecule has 0 amide bonds. The predicted molar refractivity (Wildman–Crippen MR) is 73.7 cm³/mol. The summed E-state index contributed by atoms with van der Waals surface area (Å²) in [6, 6.07) is 5.25. The molecule has 1 unspecified atom stereocenters. The molecule has 2 aromatic rings. The number of alkyl halides is 4. The van der Waals surface area contributed by atoms with Crippen molar-refractivity contribution in [2.75, 3.05) is 0 Å². The molecule has 0 N–H and O–H groups in total. The zero-order chi connectivity index (χ0) is 14.0. The fourth-order valence-corrected chi connectivity index (χ4v) is 3.12. The summed E-state index contributed by atoms with van der Waals surface area (Å²) in [5.41, 5.74) is 1.15. The van der Waals surface area contributed by atoms with E-state index in [-0.39, 0.29) is 4.83 Å². The molecule has 1 aromatic carbocycles. The van der Waals surface area contributed by atoms with Gasteiger partial charge in [0.15, 0.2) is 0 Å². The van der Waals surface area contributed by atoms with E-state index in [9.17, 15) is 13.2 Å². The van der Waals surface area contributed by atoms with Crippen LogP contribution in [0.4, 0.5) is 13.2 Å². The number of aryl methyl sites for hydroxylation is 1. The average molecular weight is 350 g/mol. The van der Waals surface area contributed by atoms with E-state index < -0.39 is 11.7 Å². The Morgan fingerprint density at radius 3 is 2.37 bits per heavy atom. The summed E-state index contributed by atoms with van der Waals surface area (Å²) >= 11 is 5.08. The number of hydrogen-bond donors (Lipinski definition) is 0. The molecule has 0 fully saturated rings. The Morgan fingerprint density at radius 1 is 1.26 bits per heavy atom. The van der Waals surface area contributed by atoms with Gasteiger partial charge in [0.1, 0.15) is 0 Å². The molecule has 1 atom stereocenters. The van der Waals surface area contributed by atoms with Crippen molar-refractivity contribution in [3.63, 3.8) is 0 Å². The molecule has 1 nitrogen and oxygen atoms in total. The van der Waals surface area contributed by atoms with Gasteiger partial charge in [-0.25, -0.2) is 4.98 Å². The van der Waals surface area contributed by atoms with Gasteiger partial charge in [-0.15, -0.1) is 11.3 Å². The first-order valence-corrected chi connectivity index (χ1v) is 7.38. The maximum absolute atomic E-state index is 12.4. The number of thiazole rings is 1. The van der Waals surface area contributed by atoms with Crippen LogP contribution in [-0.2, 0) is 12.6 Å². The highest BCUT2D eigenvalue weighted by atomic mass is 79.9. The SMILES string of the molecule is Cc1nc(C(Br)Cc2ccc(C(F)(F)F)cc2)cs1. The molecule has 1 heterocycles. The van der Waals surface area contributed by atoms with Crippen molar-refractivity contribution in [3.05, 3.63) is 51.5 Å². The van der Waals surface area contributed by atoms with Gasteiger partial charge in [0.05, 0.1) is 21.1 Å².